The van der Waals surface area contributed by atoms with Gasteiger partial charge >= 0.3 is 0 Å². The van der Waals surface area contributed by atoms with E-state index in [-0.39, 0.29) is 0 Å². The molecule has 0 amide bonds. The molecular weight excluding hydrogens is 402 g/mol. The van der Waals surface area contributed by atoms with Crippen LogP contribution in [0.4, 0.5) is 11.8 Å². The lowest BCUT2D eigenvalue weighted by Crippen LogP contribution is -2.37. The van der Waals surface area contributed by atoms with Crippen LogP contribution in [0.25, 0.3) is 10.9 Å². The fraction of sp³-hybridized carbons (Fsp3) is 0.440. The lowest BCUT2D eigenvalue weighted by atomic mass is 9.91. The van der Waals surface area contributed by atoms with Crippen LogP contribution in [0, 0.1) is 0 Å². The Hall–Kier alpha value is -3.06. The van der Waals surface area contributed by atoms with Gasteiger partial charge in [-0.05, 0) is 43.9 Å². The normalized spacial score (nSPS) is 18.4. The lowest BCUT2D eigenvalue weighted by molar-refractivity contribution is 0.337. The highest BCUT2D eigenvalue weighted by Gasteiger charge is 2.22. The second kappa shape index (κ2) is 10.0. The molecule has 3 aromatic rings. The number of nitrogens with one attached hydrogen (secondary N) is 2. The number of methoxy groups -OCH3 is 2. The summed E-state index contributed by atoms with van der Waals surface area (Å²) >= 11 is 0. The molecule has 1 fully saturated rings. The Morgan fingerprint density at radius 1 is 0.906 bits per heavy atom. The van der Waals surface area contributed by atoms with E-state index in [4.69, 9.17) is 19.4 Å². The number of benzene rings is 2. The molecule has 1 heterocycles. The standard InChI is InChI=1S/C25H33N5O2/c1-30(2)24-20-9-5-6-10-21(20)28-25(29-24)27-19-14-12-18(13-15-19)26-16-17-8-7-11-22(31-3)23(17)32-4/h5-11,18-19,26H,12-16H2,1-4H3,(H,27,28,29)/t18-,19+. The van der Waals surface area contributed by atoms with Crippen LogP contribution in [0.3, 0.4) is 0 Å². The molecule has 0 atom stereocenters. The molecule has 2 aromatic carbocycles. The monoisotopic (exact) mass is 435 g/mol. The van der Waals surface area contributed by atoms with Crippen LogP contribution in [0.15, 0.2) is 42.5 Å². The van der Waals surface area contributed by atoms with Gasteiger partial charge in [-0.25, -0.2) is 4.98 Å². The first-order valence-corrected chi connectivity index (χ1v) is 11.2. The van der Waals surface area contributed by atoms with Crippen molar-refractivity contribution in [2.75, 3.05) is 38.5 Å². The first-order chi connectivity index (χ1) is 15.6. The Bertz CT molecular complexity index is 1050. The SMILES string of the molecule is COc1cccc(CN[C@H]2CC[C@@H](Nc3nc(N(C)C)c4ccccc4n3)CC2)c1OC. The zero-order valence-corrected chi connectivity index (χ0v) is 19.4. The van der Waals surface area contributed by atoms with Gasteiger partial charge in [0.25, 0.3) is 0 Å². The highest BCUT2D eigenvalue weighted by molar-refractivity contribution is 5.90. The number of anilines is 2. The number of para-hydroxylation sites is 2. The molecule has 1 aliphatic carbocycles. The molecular formula is C25H33N5O2. The minimum absolute atomic E-state index is 0.385. The number of hydrogen-bond acceptors (Lipinski definition) is 7. The summed E-state index contributed by atoms with van der Waals surface area (Å²) in [5.74, 6) is 3.24. The topological polar surface area (TPSA) is 71.5 Å². The zero-order chi connectivity index (χ0) is 22.5. The highest BCUT2D eigenvalue weighted by Crippen LogP contribution is 2.31. The average Bonchev–Trinajstić information content (AvgIpc) is 2.82. The first-order valence-electron chi connectivity index (χ1n) is 11.2. The van der Waals surface area contributed by atoms with Crippen molar-refractivity contribution in [2.24, 2.45) is 0 Å². The smallest absolute Gasteiger partial charge is 0.225 e. The van der Waals surface area contributed by atoms with Crippen molar-refractivity contribution in [1.29, 1.82) is 0 Å². The third-order valence-corrected chi connectivity index (χ3v) is 6.13. The first kappa shape index (κ1) is 22.1. The second-order valence-electron chi connectivity index (χ2n) is 8.51. The summed E-state index contributed by atoms with van der Waals surface area (Å²) in [6.07, 6.45) is 4.39. The maximum atomic E-state index is 5.56. The molecule has 1 saturated carbocycles. The van der Waals surface area contributed by atoms with Crippen LogP contribution >= 0.6 is 0 Å². The van der Waals surface area contributed by atoms with E-state index in [9.17, 15) is 0 Å². The van der Waals surface area contributed by atoms with Crippen LogP contribution in [-0.2, 0) is 6.54 Å². The zero-order valence-electron chi connectivity index (χ0n) is 19.4. The van der Waals surface area contributed by atoms with Crippen molar-refractivity contribution < 1.29 is 9.47 Å². The fourth-order valence-corrected chi connectivity index (χ4v) is 4.44. The molecule has 7 nitrogen and oxygen atoms in total. The van der Waals surface area contributed by atoms with Gasteiger partial charge in [0.05, 0.1) is 19.7 Å². The molecule has 0 aliphatic heterocycles. The molecule has 7 heteroatoms. The van der Waals surface area contributed by atoms with Crippen molar-refractivity contribution in [1.82, 2.24) is 15.3 Å². The molecule has 1 aromatic heterocycles. The van der Waals surface area contributed by atoms with Crippen LogP contribution in [0.5, 0.6) is 11.5 Å². The summed E-state index contributed by atoms with van der Waals surface area (Å²) in [7, 11) is 7.40. The van der Waals surface area contributed by atoms with Gasteiger partial charge in [0.15, 0.2) is 11.5 Å². The van der Waals surface area contributed by atoms with E-state index >= 15 is 0 Å². The Balaban J connectivity index is 1.35. The van der Waals surface area contributed by atoms with Gasteiger partial charge in [-0.1, -0.05) is 24.3 Å². The van der Waals surface area contributed by atoms with Crippen molar-refractivity contribution in [3.8, 4) is 11.5 Å². The summed E-state index contributed by atoms with van der Waals surface area (Å²) in [5, 5.41) is 8.35. The summed E-state index contributed by atoms with van der Waals surface area (Å²) in [6, 6.07) is 15.1. The largest absolute Gasteiger partial charge is 0.493 e. The molecule has 0 radical (unpaired) electrons. The highest BCUT2D eigenvalue weighted by atomic mass is 16.5. The molecule has 32 heavy (non-hydrogen) atoms. The summed E-state index contributed by atoms with van der Waals surface area (Å²) in [5.41, 5.74) is 2.09. The third-order valence-electron chi connectivity index (χ3n) is 6.13. The summed E-state index contributed by atoms with van der Waals surface area (Å²) in [6.45, 7) is 0.767. The van der Waals surface area contributed by atoms with Crippen molar-refractivity contribution in [2.45, 2.75) is 44.3 Å². The molecule has 0 saturated heterocycles. The quantitative estimate of drug-likeness (QED) is 0.549. The maximum Gasteiger partial charge on any atom is 0.225 e. The van der Waals surface area contributed by atoms with Crippen LogP contribution in [0.1, 0.15) is 31.2 Å². The van der Waals surface area contributed by atoms with Gasteiger partial charge < -0.3 is 25.0 Å². The fourth-order valence-electron chi connectivity index (χ4n) is 4.44. The molecule has 0 bridgehead atoms. The minimum Gasteiger partial charge on any atom is -0.493 e. The van der Waals surface area contributed by atoms with Gasteiger partial charge in [-0.3, -0.25) is 0 Å². The van der Waals surface area contributed by atoms with Gasteiger partial charge in [0.1, 0.15) is 5.82 Å². The number of ether oxygens (including phenoxy) is 2. The van der Waals surface area contributed by atoms with Crippen molar-refractivity contribution in [3.63, 3.8) is 0 Å². The molecule has 1 aliphatic rings. The third kappa shape index (κ3) is 4.88. The molecule has 4 rings (SSSR count). The van der Waals surface area contributed by atoms with E-state index in [1.807, 2.05) is 49.3 Å². The number of fused-ring (bicyclic) bond motifs is 1. The second-order valence-corrected chi connectivity index (χ2v) is 8.51. The van der Waals surface area contributed by atoms with Crippen LogP contribution < -0.4 is 25.0 Å². The Kier molecular flexibility index (Phi) is 6.95. The molecule has 170 valence electrons. The van der Waals surface area contributed by atoms with E-state index in [1.54, 1.807) is 14.2 Å². The van der Waals surface area contributed by atoms with Crippen LogP contribution in [0.2, 0.25) is 0 Å². The van der Waals surface area contributed by atoms with E-state index in [0.29, 0.717) is 18.0 Å². The summed E-state index contributed by atoms with van der Waals surface area (Å²) < 4.78 is 11.0. The Morgan fingerprint density at radius 3 is 2.38 bits per heavy atom. The Morgan fingerprint density at radius 2 is 1.66 bits per heavy atom. The number of hydrogen-bond donors (Lipinski definition) is 2. The van der Waals surface area contributed by atoms with E-state index in [1.165, 1.54) is 0 Å². The van der Waals surface area contributed by atoms with Gasteiger partial charge in [-0.15, -0.1) is 0 Å². The van der Waals surface area contributed by atoms with Gasteiger partial charge in [0, 0.05) is 43.7 Å². The molecule has 0 spiro atoms. The Labute approximate surface area is 190 Å². The predicted molar refractivity (Wildman–Crippen MR) is 130 cm³/mol. The van der Waals surface area contributed by atoms with Crippen molar-refractivity contribution >= 4 is 22.7 Å². The van der Waals surface area contributed by atoms with Gasteiger partial charge in [-0.2, -0.15) is 4.98 Å². The number of aromatic nitrogens is 2. The minimum atomic E-state index is 0.385. The summed E-state index contributed by atoms with van der Waals surface area (Å²) in [4.78, 5) is 11.6. The van der Waals surface area contributed by atoms with E-state index in [0.717, 1.165) is 66.0 Å². The number of rotatable bonds is 8. The molecule has 2 N–H and O–H groups in total. The maximum absolute atomic E-state index is 5.56. The van der Waals surface area contributed by atoms with E-state index < -0.39 is 0 Å². The average molecular weight is 436 g/mol. The number of nitrogens with zero attached hydrogens (tertiary/aromatic N) is 3. The van der Waals surface area contributed by atoms with E-state index in [2.05, 4.69) is 22.8 Å². The van der Waals surface area contributed by atoms with Gasteiger partial charge in [0.2, 0.25) is 5.95 Å². The van der Waals surface area contributed by atoms with Crippen molar-refractivity contribution in [3.05, 3.63) is 48.0 Å². The lowest BCUT2D eigenvalue weighted by Gasteiger charge is -2.30. The molecule has 0 unspecified atom stereocenters. The predicted octanol–water partition coefficient (Wildman–Crippen LogP) is 4.23. The van der Waals surface area contributed by atoms with Crippen LogP contribution in [-0.4, -0.2) is 50.4 Å².